The summed E-state index contributed by atoms with van der Waals surface area (Å²) in [5.74, 6) is -0.986. The van der Waals surface area contributed by atoms with E-state index in [4.69, 9.17) is 9.66 Å². The predicted octanol–water partition coefficient (Wildman–Crippen LogP) is -1.62. The molecule has 1 saturated heterocycles. The molecule has 1 heterocycles. The van der Waals surface area contributed by atoms with E-state index >= 15 is 0 Å². The Morgan fingerprint density at radius 3 is 2.18 bits per heavy atom. The Kier molecular flexibility index (Phi) is 1.66. The van der Waals surface area contributed by atoms with E-state index in [0.29, 0.717) is 0 Å². The van der Waals surface area contributed by atoms with Crippen molar-refractivity contribution in [2.45, 2.75) is 19.1 Å². The largest absolute Gasteiger partial charge is 0.381 e. The van der Waals surface area contributed by atoms with Crippen molar-refractivity contribution < 1.29 is 22.9 Å². The minimum atomic E-state index is -4.47. The number of rotatable bonds is 1. The van der Waals surface area contributed by atoms with Crippen LogP contribution in [0.2, 0.25) is 0 Å². The van der Waals surface area contributed by atoms with Gasteiger partial charge in [-0.1, -0.05) is 0 Å². The molecule has 1 unspecified atom stereocenters. The molecule has 0 aliphatic carbocycles. The summed E-state index contributed by atoms with van der Waals surface area (Å²) in [5.41, 5.74) is 0. The Bertz CT molecular complexity index is 283. The van der Waals surface area contributed by atoms with Crippen LogP contribution in [0.5, 0.6) is 0 Å². The van der Waals surface area contributed by atoms with Crippen LogP contribution in [0.15, 0.2) is 0 Å². The van der Waals surface area contributed by atoms with Crippen LogP contribution in [0.4, 0.5) is 0 Å². The molecule has 2 atom stereocenters. The van der Waals surface area contributed by atoms with Crippen molar-refractivity contribution in [2.24, 2.45) is 0 Å². The molecule has 6 nitrogen and oxygen atoms in total. The molecule has 1 rings (SSSR count). The number of carbonyl (C=O) groups excluding carboxylic acids is 1. The van der Waals surface area contributed by atoms with Gasteiger partial charge in [0.15, 0.2) is 6.10 Å². The van der Waals surface area contributed by atoms with Gasteiger partial charge in [0.2, 0.25) is 0 Å². The number of hydrogen-bond donors (Lipinski definition) is 2. The van der Waals surface area contributed by atoms with Gasteiger partial charge in [0.25, 0.3) is 5.91 Å². The first-order chi connectivity index (χ1) is 4.85. The van der Waals surface area contributed by atoms with Gasteiger partial charge < -0.3 is 5.11 Å². The lowest BCUT2D eigenvalue weighted by molar-refractivity contribution is -0.154. The lowest BCUT2D eigenvalue weighted by Gasteiger charge is -2.38. The van der Waals surface area contributed by atoms with Crippen LogP contribution in [0.1, 0.15) is 6.92 Å². The molecular weight excluding hydrogens is 174 g/mol. The molecule has 0 radical (unpaired) electrons. The van der Waals surface area contributed by atoms with Crippen LogP contribution in [-0.4, -0.2) is 40.4 Å². The van der Waals surface area contributed by atoms with Gasteiger partial charge in [-0.05, 0) is 6.92 Å². The molecule has 64 valence electrons. The van der Waals surface area contributed by atoms with Gasteiger partial charge in [0.05, 0.1) is 6.04 Å². The van der Waals surface area contributed by atoms with Gasteiger partial charge in [0.1, 0.15) is 0 Å². The average Bonchev–Trinajstić information content (AvgIpc) is 1.85. The summed E-state index contributed by atoms with van der Waals surface area (Å²) in [6.45, 7) is 1.32. The van der Waals surface area contributed by atoms with E-state index in [9.17, 15) is 13.2 Å². The molecule has 0 aromatic rings. The average molecular weight is 181 g/mol. The second kappa shape index (κ2) is 2.16. The first-order valence-electron chi connectivity index (χ1n) is 2.84. The van der Waals surface area contributed by atoms with Gasteiger partial charge in [-0.15, -0.1) is 0 Å². The zero-order valence-electron chi connectivity index (χ0n) is 5.63. The highest BCUT2D eigenvalue weighted by Crippen LogP contribution is 2.21. The van der Waals surface area contributed by atoms with E-state index in [-0.39, 0.29) is 4.31 Å². The van der Waals surface area contributed by atoms with Gasteiger partial charge in [-0.25, -0.2) is 4.31 Å². The standard InChI is InChI=1S/C4H7NO5S/c1-2-3(6)4(7)5(2)11(8,9)10/h2-3,6H,1H3,(H,8,9,10)/t2-,3?/m0/s1. The molecule has 1 fully saturated rings. The Morgan fingerprint density at radius 1 is 1.55 bits per heavy atom. The fraction of sp³-hybridized carbons (Fsp3) is 0.750. The monoisotopic (exact) mass is 181 g/mol. The zero-order valence-corrected chi connectivity index (χ0v) is 6.45. The molecule has 0 saturated carbocycles. The van der Waals surface area contributed by atoms with Gasteiger partial charge >= 0.3 is 10.3 Å². The normalized spacial score (nSPS) is 31.9. The van der Waals surface area contributed by atoms with Crippen LogP contribution in [0.3, 0.4) is 0 Å². The summed E-state index contributed by atoms with van der Waals surface area (Å²) in [6, 6.07) is -0.863. The van der Waals surface area contributed by atoms with E-state index in [1.165, 1.54) is 6.92 Å². The summed E-state index contributed by atoms with van der Waals surface area (Å²) in [4.78, 5) is 10.6. The quantitative estimate of drug-likeness (QED) is 0.374. The van der Waals surface area contributed by atoms with Crippen LogP contribution >= 0.6 is 0 Å². The maximum atomic E-state index is 10.6. The van der Waals surface area contributed by atoms with E-state index in [1.54, 1.807) is 0 Å². The molecule has 0 spiro atoms. The fourth-order valence-corrected chi connectivity index (χ4v) is 1.78. The van der Waals surface area contributed by atoms with E-state index in [1.807, 2.05) is 0 Å². The summed E-state index contributed by atoms with van der Waals surface area (Å²) in [5, 5.41) is 8.75. The molecule has 2 N–H and O–H groups in total. The van der Waals surface area contributed by atoms with Crippen molar-refractivity contribution in [1.29, 1.82) is 0 Å². The lowest BCUT2D eigenvalue weighted by Crippen LogP contribution is -2.64. The highest BCUT2D eigenvalue weighted by molar-refractivity contribution is 7.84. The lowest BCUT2D eigenvalue weighted by atomic mass is 10.1. The Morgan fingerprint density at radius 2 is 2.00 bits per heavy atom. The van der Waals surface area contributed by atoms with Crippen molar-refractivity contribution in [3.63, 3.8) is 0 Å². The predicted molar refractivity (Wildman–Crippen MR) is 33.9 cm³/mol. The minimum absolute atomic E-state index is 0.234. The summed E-state index contributed by atoms with van der Waals surface area (Å²) in [7, 11) is -4.47. The molecule has 11 heavy (non-hydrogen) atoms. The Labute approximate surface area is 63.3 Å². The molecule has 1 aliphatic rings. The number of aliphatic hydroxyl groups is 1. The second-order valence-electron chi connectivity index (χ2n) is 2.30. The topological polar surface area (TPSA) is 94.9 Å². The van der Waals surface area contributed by atoms with Crippen molar-refractivity contribution in [1.82, 2.24) is 4.31 Å². The highest BCUT2D eigenvalue weighted by Gasteiger charge is 2.49. The van der Waals surface area contributed by atoms with Gasteiger partial charge in [-0.2, -0.15) is 8.42 Å². The number of hydrogen-bond acceptors (Lipinski definition) is 4. The third kappa shape index (κ3) is 1.10. The first-order valence-corrected chi connectivity index (χ1v) is 4.24. The van der Waals surface area contributed by atoms with E-state index in [0.717, 1.165) is 0 Å². The SMILES string of the molecule is C[C@H]1C(O)C(=O)N1S(=O)(=O)O. The van der Waals surface area contributed by atoms with Crippen molar-refractivity contribution in [2.75, 3.05) is 0 Å². The van der Waals surface area contributed by atoms with Crippen LogP contribution in [-0.2, 0) is 15.1 Å². The van der Waals surface area contributed by atoms with Crippen molar-refractivity contribution in [3.05, 3.63) is 0 Å². The van der Waals surface area contributed by atoms with Gasteiger partial charge in [-0.3, -0.25) is 9.35 Å². The number of amides is 1. The minimum Gasteiger partial charge on any atom is -0.381 e. The zero-order chi connectivity index (χ0) is 8.81. The summed E-state index contributed by atoms with van der Waals surface area (Å²) >= 11 is 0. The van der Waals surface area contributed by atoms with Crippen LogP contribution in [0.25, 0.3) is 0 Å². The number of aliphatic hydroxyl groups excluding tert-OH is 1. The van der Waals surface area contributed by atoms with Gasteiger partial charge in [0, 0.05) is 0 Å². The number of carbonyl (C=O) groups is 1. The molecular formula is C4H7NO5S. The number of nitrogens with zero attached hydrogens (tertiary/aromatic N) is 1. The fourth-order valence-electron chi connectivity index (χ4n) is 0.907. The maximum Gasteiger partial charge on any atom is 0.362 e. The molecule has 1 amide bonds. The Balaban J connectivity index is 2.88. The third-order valence-corrected chi connectivity index (χ3v) is 2.56. The second-order valence-corrected chi connectivity index (χ2v) is 3.59. The number of β-lactam (4-membered cyclic amide) rings is 1. The smallest absolute Gasteiger partial charge is 0.362 e. The van der Waals surface area contributed by atoms with Crippen molar-refractivity contribution >= 4 is 16.2 Å². The summed E-state index contributed by atoms with van der Waals surface area (Å²) in [6.07, 6.45) is -1.31. The summed E-state index contributed by atoms with van der Waals surface area (Å²) < 4.78 is 29.3. The van der Waals surface area contributed by atoms with Crippen LogP contribution < -0.4 is 0 Å². The maximum absolute atomic E-state index is 10.6. The molecule has 0 aromatic heterocycles. The van der Waals surface area contributed by atoms with E-state index in [2.05, 4.69) is 0 Å². The third-order valence-electron chi connectivity index (χ3n) is 1.55. The van der Waals surface area contributed by atoms with E-state index < -0.39 is 28.4 Å². The molecule has 7 heteroatoms. The Hall–Kier alpha value is -0.660. The molecule has 0 aromatic carbocycles. The first kappa shape index (κ1) is 8.44. The van der Waals surface area contributed by atoms with Crippen LogP contribution in [0, 0.1) is 0 Å². The molecule has 1 aliphatic heterocycles. The van der Waals surface area contributed by atoms with Crippen molar-refractivity contribution in [3.8, 4) is 0 Å². The highest BCUT2D eigenvalue weighted by atomic mass is 32.2. The molecule has 0 bridgehead atoms.